The van der Waals surface area contributed by atoms with E-state index in [2.05, 4.69) is 5.92 Å². The summed E-state index contributed by atoms with van der Waals surface area (Å²) in [6.45, 7) is 2.90. The molecule has 4 nitrogen and oxygen atoms in total. The predicted molar refractivity (Wildman–Crippen MR) is 54.0 cm³/mol. The number of hydrogen-bond acceptors (Lipinski definition) is 3. The molecule has 14 heavy (non-hydrogen) atoms. The Hall–Kier alpha value is -1.05. The Morgan fingerprint density at radius 1 is 1.71 bits per heavy atom. The zero-order valence-electron chi connectivity index (χ0n) is 8.69. The molecule has 0 fully saturated rings. The van der Waals surface area contributed by atoms with Crippen LogP contribution in [0.1, 0.15) is 13.3 Å². The van der Waals surface area contributed by atoms with Crippen LogP contribution in [0.25, 0.3) is 0 Å². The number of nitrogens with zero attached hydrogens (tertiary/aromatic N) is 1. The van der Waals surface area contributed by atoms with Crippen LogP contribution in [0.5, 0.6) is 0 Å². The van der Waals surface area contributed by atoms with Crippen molar-refractivity contribution in [3.05, 3.63) is 0 Å². The van der Waals surface area contributed by atoms with Gasteiger partial charge in [0.15, 0.2) is 0 Å². The number of terminal acetylenes is 1. The molecule has 4 heteroatoms. The molecule has 0 saturated heterocycles. The van der Waals surface area contributed by atoms with Gasteiger partial charge in [-0.2, -0.15) is 0 Å². The Bertz CT molecular complexity index is 210. The molecular weight excluding hydrogens is 182 g/mol. The van der Waals surface area contributed by atoms with Gasteiger partial charge in [0.2, 0.25) is 0 Å². The van der Waals surface area contributed by atoms with Gasteiger partial charge in [-0.1, -0.05) is 5.92 Å². The number of carboxylic acid groups (broad SMARTS) is 1. The van der Waals surface area contributed by atoms with Gasteiger partial charge in [0.25, 0.3) is 0 Å². The van der Waals surface area contributed by atoms with Crippen molar-refractivity contribution < 1.29 is 14.6 Å². The summed E-state index contributed by atoms with van der Waals surface area (Å²) in [4.78, 5) is 12.3. The van der Waals surface area contributed by atoms with Crippen molar-refractivity contribution in [2.45, 2.75) is 19.4 Å². The van der Waals surface area contributed by atoms with E-state index in [-0.39, 0.29) is 12.6 Å². The van der Waals surface area contributed by atoms with Gasteiger partial charge in [-0.25, -0.2) is 0 Å². The van der Waals surface area contributed by atoms with Crippen LogP contribution in [0.4, 0.5) is 0 Å². The highest BCUT2D eigenvalue weighted by atomic mass is 16.5. The zero-order valence-corrected chi connectivity index (χ0v) is 8.69. The molecule has 80 valence electrons. The molecule has 0 saturated carbocycles. The number of rotatable bonds is 7. The number of ether oxygens (including phenoxy) is 1. The van der Waals surface area contributed by atoms with Crippen molar-refractivity contribution in [3.63, 3.8) is 0 Å². The van der Waals surface area contributed by atoms with E-state index in [1.165, 1.54) is 0 Å². The summed E-state index contributed by atoms with van der Waals surface area (Å²) in [5.74, 6) is 1.60. The zero-order chi connectivity index (χ0) is 11.0. The molecule has 0 heterocycles. The Balaban J connectivity index is 4.04. The number of carboxylic acids is 1. The van der Waals surface area contributed by atoms with Crippen LogP contribution < -0.4 is 0 Å². The summed E-state index contributed by atoms with van der Waals surface area (Å²) in [6, 6.07) is 0.127. The first kappa shape index (κ1) is 12.9. The molecule has 0 bridgehead atoms. The van der Waals surface area contributed by atoms with Crippen molar-refractivity contribution in [2.75, 3.05) is 26.8 Å². The molecule has 0 amide bonds. The fraction of sp³-hybridized carbons (Fsp3) is 0.700. The average Bonchev–Trinajstić information content (AvgIpc) is 2.13. The molecule has 0 aromatic rings. The number of aliphatic carboxylic acids is 1. The van der Waals surface area contributed by atoms with E-state index < -0.39 is 5.97 Å². The van der Waals surface area contributed by atoms with E-state index in [1.54, 1.807) is 12.0 Å². The van der Waals surface area contributed by atoms with Crippen LogP contribution in [0.15, 0.2) is 0 Å². The minimum atomic E-state index is -0.857. The van der Waals surface area contributed by atoms with E-state index in [1.807, 2.05) is 6.92 Å². The number of hydrogen-bond donors (Lipinski definition) is 1. The minimum Gasteiger partial charge on any atom is -0.480 e. The van der Waals surface area contributed by atoms with Gasteiger partial charge in [0, 0.05) is 19.8 Å². The van der Waals surface area contributed by atoms with Crippen molar-refractivity contribution in [1.29, 1.82) is 0 Å². The highest BCUT2D eigenvalue weighted by molar-refractivity contribution is 5.69. The van der Waals surface area contributed by atoms with E-state index in [4.69, 9.17) is 16.3 Å². The van der Waals surface area contributed by atoms with Gasteiger partial charge in [-0.15, -0.1) is 6.42 Å². The highest BCUT2D eigenvalue weighted by Gasteiger charge is 2.15. The summed E-state index contributed by atoms with van der Waals surface area (Å²) in [7, 11) is 1.62. The Kier molecular flexibility index (Phi) is 6.81. The molecule has 0 spiro atoms. The van der Waals surface area contributed by atoms with E-state index in [0.717, 1.165) is 6.42 Å². The molecule has 0 aliphatic heterocycles. The van der Waals surface area contributed by atoms with Crippen LogP contribution in [0.2, 0.25) is 0 Å². The van der Waals surface area contributed by atoms with Crippen LogP contribution >= 0.6 is 0 Å². The van der Waals surface area contributed by atoms with E-state index in [0.29, 0.717) is 13.2 Å². The SMILES string of the molecule is C#CCN(CC(=O)O)C(C)CCOC. The largest absolute Gasteiger partial charge is 0.480 e. The smallest absolute Gasteiger partial charge is 0.317 e. The standard InChI is InChI=1S/C10H17NO3/c1-4-6-11(8-10(12)13)9(2)5-7-14-3/h1,9H,5-8H2,2-3H3,(H,12,13). The summed E-state index contributed by atoms with van der Waals surface area (Å²) < 4.78 is 4.92. The van der Waals surface area contributed by atoms with Gasteiger partial charge in [-0.05, 0) is 13.3 Å². The van der Waals surface area contributed by atoms with Crippen LogP contribution in [-0.2, 0) is 9.53 Å². The van der Waals surface area contributed by atoms with Gasteiger partial charge < -0.3 is 9.84 Å². The molecule has 0 aliphatic rings. The molecule has 1 N–H and O–H groups in total. The van der Waals surface area contributed by atoms with Crippen molar-refractivity contribution in [2.24, 2.45) is 0 Å². The molecule has 0 rings (SSSR count). The fourth-order valence-corrected chi connectivity index (χ4v) is 1.13. The lowest BCUT2D eigenvalue weighted by molar-refractivity contribution is -0.138. The average molecular weight is 199 g/mol. The lowest BCUT2D eigenvalue weighted by atomic mass is 10.2. The lowest BCUT2D eigenvalue weighted by Crippen LogP contribution is -2.38. The van der Waals surface area contributed by atoms with Crippen molar-refractivity contribution in [3.8, 4) is 12.3 Å². The third-order valence-corrected chi connectivity index (χ3v) is 2.00. The highest BCUT2D eigenvalue weighted by Crippen LogP contribution is 2.03. The van der Waals surface area contributed by atoms with Gasteiger partial charge >= 0.3 is 5.97 Å². The predicted octanol–water partition coefficient (Wildman–Crippen LogP) is 0.431. The molecule has 0 radical (unpaired) electrons. The monoisotopic (exact) mass is 199 g/mol. The second-order valence-electron chi connectivity index (χ2n) is 3.13. The molecule has 0 aromatic carbocycles. The second kappa shape index (κ2) is 7.36. The van der Waals surface area contributed by atoms with Crippen molar-refractivity contribution in [1.82, 2.24) is 4.90 Å². The number of carbonyl (C=O) groups is 1. The van der Waals surface area contributed by atoms with Crippen LogP contribution in [-0.4, -0.2) is 48.8 Å². The summed E-state index contributed by atoms with van der Waals surface area (Å²) in [6.07, 6.45) is 5.94. The summed E-state index contributed by atoms with van der Waals surface area (Å²) >= 11 is 0. The molecule has 1 unspecified atom stereocenters. The number of methoxy groups -OCH3 is 1. The molecule has 0 aliphatic carbocycles. The summed E-state index contributed by atoms with van der Waals surface area (Å²) in [5, 5.41) is 8.64. The first-order valence-electron chi connectivity index (χ1n) is 4.50. The van der Waals surface area contributed by atoms with Gasteiger partial charge in [0.1, 0.15) is 0 Å². The maximum atomic E-state index is 10.5. The maximum Gasteiger partial charge on any atom is 0.317 e. The van der Waals surface area contributed by atoms with E-state index in [9.17, 15) is 4.79 Å². The lowest BCUT2D eigenvalue weighted by Gasteiger charge is -2.24. The van der Waals surface area contributed by atoms with Gasteiger partial charge in [0.05, 0.1) is 13.1 Å². The topological polar surface area (TPSA) is 49.8 Å². The Morgan fingerprint density at radius 3 is 2.79 bits per heavy atom. The van der Waals surface area contributed by atoms with Crippen molar-refractivity contribution >= 4 is 5.97 Å². The fourth-order valence-electron chi connectivity index (χ4n) is 1.13. The molecule has 1 atom stereocenters. The summed E-state index contributed by atoms with van der Waals surface area (Å²) in [5.41, 5.74) is 0. The Labute approximate surface area is 84.9 Å². The van der Waals surface area contributed by atoms with Gasteiger partial charge in [-0.3, -0.25) is 9.69 Å². The maximum absolute atomic E-state index is 10.5. The third kappa shape index (κ3) is 5.57. The first-order chi connectivity index (χ1) is 6.61. The Morgan fingerprint density at radius 2 is 2.36 bits per heavy atom. The normalized spacial score (nSPS) is 12.4. The van der Waals surface area contributed by atoms with Crippen LogP contribution in [0, 0.1) is 12.3 Å². The minimum absolute atomic E-state index is 0.0188. The van der Waals surface area contributed by atoms with E-state index >= 15 is 0 Å². The molecular formula is C10H17NO3. The first-order valence-corrected chi connectivity index (χ1v) is 4.50. The third-order valence-electron chi connectivity index (χ3n) is 2.00. The van der Waals surface area contributed by atoms with Crippen LogP contribution in [0.3, 0.4) is 0 Å². The second-order valence-corrected chi connectivity index (χ2v) is 3.13. The molecule has 0 aromatic heterocycles. The quantitative estimate of drug-likeness (QED) is 0.604.